The van der Waals surface area contributed by atoms with Gasteiger partial charge in [-0.2, -0.15) is 0 Å². The van der Waals surface area contributed by atoms with Gasteiger partial charge in [0.1, 0.15) is 0 Å². The van der Waals surface area contributed by atoms with Gasteiger partial charge >= 0.3 is 0 Å². The molecule has 0 fully saturated rings. The van der Waals surface area contributed by atoms with Crippen LogP contribution in [-0.2, 0) is 4.74 Å². The minimum absolute atomic E-state index is 0.733. The Morgan fingerprint density at radius 1 is 1.50 bits per heavy atom. The number of unbranched alkanes of at least 4 members (excludes halogenated alkanes) is 2. The fourth-order valence-corrected chi connectivity index (χ4v) is 0.880. The summed E-state index contributed by atoms with van der Waals surface area (Å²) in [5.41, 5.74) is 0. The largest absolute Gasteiger partial charge is 0.486 e. The van der Waals surface area contributed by atoms with Crippen molar-refractivity contribution in [3.63, 3.8) is 0 Å². The van der Waals surface area contributed by atoms with Crippen LogP contribution in [0.1, 0.15) is 26.2 Å². The molecule has 1 nitrogen and oxygen atoms in total. The topological polar surface area (TPSA) is 9.23 Å². The molecule has 0 bridgehead atoms. The van der Waals surface area contributed by atoms with E-state index in [9.17, 15) is 0 Å². The van der Waals surface area contributed by atoms with Gasteiger partial charge in [0, 0.05) is 0 Å². The van der Waals surface area contributed by atoms with E-state index in [0.717, 1.165) is 22.5 Å². The highest BCUT2D eigenvalue weighted by atomic mass is 127. The second-order valence-electron chi connectivity index (χ2n) is 2.06. The standard InChI is InChI=1S/C7H13IOS/c1-2-3-4-5-9-7(10)6-8/h2-6H2,1H3. The van der Waals surface area contributed by atoms with Crippen molar-refractivity contribution in [3.05, 3.63) is 0 Å². The van der Waals surface area contributed by atoms with Crippen LogP contribution in [0.3, 0.4) is 0 Å². The lowest BCUT2D eigenvalue weighted by molar-refractivity contribution is 0.300. The van der Waals surface area contributed by atoms with E-state index in [-0.39, 0.29) is 0 Å². The number of hydrogen-bond donors (Lipinski definition) is 0. The lowest BCUT2D eigenvalue weighted by atomic mass is 10.3. The minimum Gasteiger partial charge on any atom is -0.486 e. The summed E-state index contributed by atoms with van der Waals surface area (Å²) < 4.78 is 6.05. The van der Waals surface area contributed by atoms with Gasteiger partial charge < -0.3 is 4.74 Å². The highest BCUT2D eigenvalue weighted by Crippen LogP contribution is 1.96. The molecule has 3 heteroatoms. The third-order valence-corrected chi connectivity index (χ3v) is 2.59. The Morgan fingerprint density at radius 3 is 2.70 bits per heavy atom. The molecule has 0 aromatic rings. The normalized spacial score (nSPS) is 9.40. The lowest BCUT2D eigenvalue weighted by Crippen LogP contribution is -2.03. The minimum atomic E-state index is 0.733. The predicted molar refractivity (Wildman–Crippen MR) is 57.0 cm³/mol. The zero-order valence-corrected chi connectivity index (χ0v) is 9.20. The quantitative estimate of drug-likeness (QED) is 0.329. The van der Waals surface area contributed by atoms with Crippen molar-refractivity contribution in [2.75, 3.05) is 11.0 Å². The molecule has 0 atom stereocenters. The van der Waals surface area contributed by atoms with Gasteiger partial charge in [-0.1, -0.05) is 42.4 Å². The van der Waals surface area contributed by atoms with Crippen LogP contribution in [0.2, 0.25) is 0 Å². The summed E-state index contributed by atoms with van der Waals surface area (Å²) in [5, 5.41) is 0.733. The van der Waals surface area contributed by atoms with E-state index < -0.39 is 0 Å². The number of rotatable bonds is 5. The Labute approximate surface area is 81.7 Å². The van der Waals surface area contributed by atoms with Crippen LogP contribution in [0, 0.1) is 0 Å². The molecule has 0 rings (SSSR count). The van der Waals surface area contributed by atoms with Crippen LogP contribution in [0.5, 0.6) is 0 Å². The van der Waals surface area contributed by atoms with Gasteiger partial charge in [0.25, 0.3) is 0 Å². The first-order valence-electron chi connectivity index (χ1n) is 3.52. The molecule has 0 aliphatic rings. The van der Waals surface area contributed by atoms with Gasteiger partial charge in [-0.25, -0.2) is 0 Å². The Kier molecular flexibility index (Phi) is 8.20. The maximum Gasteiger partial charge on any atom is 0.169 e. The van der Waals surface area contributed by atoms with Gasteiger partial charge in [-0.3, -0.25) is 0 Å². The van der Waals surface area contributed by atoms with Gasteiger partial charge in [0.05, 0.1) is 11.0 Å². The van der Waals surface area contributed by atoms with Gasteiger partial charge in [0.2, 0.25) is 0 Å². The van der Waals surface area contributed by atoms with Crippen molar-refractivity contribution < 1.29 is 4.74 Å². The summed E-state index contributed by atoms with van der Waals surface area (Å²) >= 11 is 7.08. The molecule has 60 valence electrons. The van der Waals surface area contributed by atoms with E-state index in [2.05, 4.69) is 29.5 Å². The molecule has 0 amide bonds. The molecule has 0 radical (unpaired) electrons. The van der Waals surface area contributed by atoms with Crippen LogP contribution in [-0.4, -0.2) is 16.1 Å². The van der Waals surface area contributed by atoms with E-state index in [0.29, 0.717) is 0 Å². The lowest BCUT2D eigenvalue weighted by Gasteiger charge is -2.02. The van der Waals surface area contributed by atoms with Crippen molar-refractivity contribution in [3.8, 4) is 0 Å². The zero-order valence-electron chi connectivity index (χ0n) is 6.23. The van der Waals surface area contributed by atoms with Crippen LogP contribution in [0.4, 0.5) is 0 Å². The monoisotopic (exact) mass is 272 g/mol. The van der Waals surface area contributed by atoms with E-state index in [1.165, 1.54) is 12.8 Å². The third-order valence-electron chi connectivity index (χ3n) is 1.12. The fraction of sp³-hybridized carbons (Fsp3) is 0.857. The highest BCUT2D eigenvalue weighted by molar-refractivity contribution is 14.1. The molecule has 0 aliphatic carbocycles. The number of ether oxygens (including phenoxy) is 1. The highest BCUT2D eigenvalue weighted by Gasteiger charge is 1.92. The van der Waals surface area contributed by atoms with E-state index >= 15 is 0 Å². The van der Waals surface area contributed by atoms with E-state index in [4.69, 9.17) is 17.0 Å². The molecule has 0 spiro atoms. The molecule has 0 aromatic heterocycles. The number of thiocarbonyl (C=S) groups is 1. The summed E-state index contributed by atoms with van der Waals surface area (Å²) in [6, 6.07) is 0. The molecule has 0 aromatic carbocycles. The molecule has 0 saturated heterocycles. The summed E-state index contributed by atoms with van der Waals surface area (Å²) in [6.07, 6.45) is 3.61. The number of halogens is 1. The van der Waals surface area contributed by atoms with Crippen LogP contribution < -0.4 is 0 Å². The Morgan fingerprint density at radius 2 is 2.20 bits per heavy atom. The van der Waals surface area contributed by atoms with Crippen molar-refractivity contribution in [2.45, 2.75) is 26.2 Å². The molecule has 0 unspecified atom stereocenters. The van der Waals surface area contributed by atoms with Crippen molar-refractivity contribution in [1.82, 2.24) is 0 Å². The average Bonchev–Trinajstić information content (AvgIpc) is 1.98. The van der Waals surface area contributed by atoms with Crippen molar-refractivity contribution in [1.29, 1.82) is 0 Å². The molecule has 10 heavy (non-hydrogen) atoms. The smallest absolute Gasteiger partial charge is 0.169 e. The molecular formula is C7H13IOS. The second kappa shape index (κ2) is 7.72. The maximum absolute atomic E-state index is 5.22. The first-order chi connectivity index (χ1) is 4.81. The van der Waals surface area contributed by atoms with Crippen LogP contribution in [0.15, 0.2) is 0 Å². The molecule has 0 saturated carbocycles. The molecular weight excluding hydrogens is 259 g/mol. The summed E-state index contributed by atoms with van der Waals surface area (Å²) in [4.78, 5) is 0. The van der Waals surface area contributed by atoms with Crippen LogP contribution >= 0.6 is 34.8 Å². The van der Waals surface area contributed by atoms with Crippen molar-refractivity contribution in [2.24, 2.45) is 0 Å². The first-order valence-corrected chi connectivity index (χ1v) is 5.46. The van der Waals surface area contributed by atoms with E-state index in [1.54, 1.807) is 0 Å². The van der Waals surface area contributed by atoms with Crippen LogP contribution in [0.25, 0.3) is 0 Å². The van der Waals surface area contributed by atoms with Gasteiger partial charge in [0.15, 0.2) is 5.05 Å². The number of alkyl halides is 1. The number of hydrogen-bond acceptors (Lipinski definition) is 2. The zero-order chi connectivity index (χ0) is 7.82. The Hall–Kier alpha value is 0.620. The summed E-state index contributed by atoms with van der Waals surface area (Å²) in [6.45, 7) is 2.98. The van der Waals surface area contributed by atoms with E-state index in [1.807, 2.05) is 0 Å². The first kappa shape index (κ1) is 10.6. The Bertz CT molecular complexity index is 95.6. The van der Waals surface area contributed by atoms with Gasteiger partial charge in [-0.15, -0.1) is 0 Å². The average molecular weight is 272 g/mol. The summed E-state index contributed by atoms with van der Waals surface area (Å²) in [5.74, 6) is 0. The third kappa shape index (κ3) is 6.74. The molecule has 0 heterocycles. The molecule has 0 aliphatic heterocycles. The maximum atomic E-state index is 5.22. The predicted octanol–water partition coefficient (Wildman–Crippen LogP) is 2.96. The SMILES string of the molecule is CCCCCOC(=S)CI. The van der Waals surface area contributed by atoms with Gasteiger partial charge in [-0.05, 0) is 18.6 Å². The molecule has 0 N–H and O–H groups in total. The fourth-order valence-electron chi connectivity index (χ4n) is 0.577. The Balaban J connectivity index is 2.96. The second-order valence-corrected chi connectivity index (χ2v) is 3.28. The van der Waals surface area contributed by atoms with Crippen molar-refractivity contribution >= 4 is 39.9 Å². The summed E-state index contributed by atoms with van der Waals surface area (Å²) in [7, 11) is 0.